The Bertz CT molecular complexity index is 473. The lowest BCUT2D eigenvalue weighted by Gasteiger charge is -2.11. The molecular formula is C14H17BrO5. The van der Waals surface area contributed by atoms with Crippen LogP contribution in [0.1, 0.15) is 29.8 Å². The number of halogens is 1. The first kappa shape index (κ1) is 16.5. The van der Waals surface area contributed by atoms with Gasteiger partial charge in [0.2, 0.25) is 0 Å². The Balaban J connectivity index is 3.01. The number of hydrogen-bond donors (Lipinski definition) is 0. The molecule has 0 aliphatic heterocycles. The molecular weight excluding hydrogens is 328 g/mol. The van der Waals surface area contributed by atoms with Crippen LogP contribution in [0, 0.1) is 0 Å². The molecule has 6 heteroatoms. The SMILES string of the molecule is CCOC(=O)Cc1ccc(OCBr)cc1C(=O)OCC. The fourth-order valence-electron chi connectivity index (χ4n) is 1.63. The van der Waals surface area contributed by atoms with E-state index in [9.17, 15) is 9.59 Å². The number of hydrogen-bond acceptors (Lipinski definition) is 5. The van der Waals surface area contributed by atoms with E-state index < -0.39 is 5.97 Å². The number of rotatable bonds is 7. The molecule has 0 N–H and O–H groups in total. The highest BCUT2D eigenvalue weighted by Gasteiger charge is 2.17. The van der Waals surface area contributed by atoms with Crippen molar-refractivity contribution in [1.82, 2.24) is 0 Å². The quantitative estimate of drug-likeness (QED) is 0.562. The minimum Gasteiger partial charge on any atom is -0.482 e. The van der Waals surface area contributed by atoms with Gasteiger partial charge in [0.15, 0.2) is 0 Å². The lowest BCUT2D eigenvalue weighted by Crippen LogP contribution is -2.13. The van der Waals surface area contributed by atoms with Gasteiger partial charge in [-0.2, -0.15) is 0 Å². The van der Waals surface area contributed by atoms with Crippen molar-refractivity contribution in [2.45, 2.75) is 20.3 Å². The smallest absolute Gasteiger partial charge is 0.338 e. The van der Waals surface area contributed by atoms with E-state index in [0.717, 1.165) is 0 Å². The van der Waals surface area contributed by atoms with E-state index in [4.69, 9.17) is 14.2 Å². The zero-order valence-corrected chi connectivity index (χ0v) is 13.1. The Morgan fingerprint density at radius 1 is 1.15 bits per heavy atom. The minimum atomic E-state index is -0.480. The van der Waals surface area contributed by atoms with E-state index in [1.165, 1.54) is 0 Å². The molecule has 0 aliphatic carbocycles. The number of esters is 2. The Hall–Kier alpha value is -1.56. The molecule has 0 unspecified atom stereocenters. The van der Waals surface area contributed by atoms with Crippen molar-refractivity contribution in [3.63, 3.8) is 0 Å². The monoisotopic (exact) mass is 344 g/mol. The average molecular weight is 345 g/mol. The zero-order valence-electron chi connectivity index (χ0n) is 11.5. The van der Waals surface area contributed by atoms with E-state index in [2.05, 4.69) is 15.9 Å². The fraction of sp³-hybridized carbons (Fsp3) is 0.429. The van der Waals surface area contributed by atoms with Gasteiger partial charge < -0.3 is 14.2 Å². The van der Waals surface area contributed by atoms with Crippen molar-refractivity contribution in [3.05, 3.63) is 29.3 Å². The Morgan fingerprint density at radius 3 is 2.45 bits per heavy atom. The van der Waals surface area contributed by atoms with Gasteiger partial charge in [0, 0.05) is 0 Å². The molecule has 0 amide bonds. The van der Waals surface area contributed by atoms with Crippen LogP contribution in [-0.4, -0.2) is 30.7 Å². The van der Waals surface area contributed by atoms with Gasteiger partial charge in [0.1, 0.15) is 11.3 Å². The van der Waals surface area contributed by atoms with Crippen LogP contribution in [0.5, 0.6) is 5.75 Å². The zero-order chi connectivity index (χ0) is 15.0. The Morgan fingerprint density at radius 2 is 1.85 bits per heavy atom. The van der Waals surface area contributed by atoms with E-state index >= 15 is 0 Å². The predicted octanol–water partition coefficient (Wildman–Crippen LogP) is 2.70. The van der Waals surface area contributed by atoms with Crippen LogP contribution < -0.4 is 4.74 Å². The first-order valence-corrected chi connectivity index (χ1v) is 7.38. The molecule has 0 bridgehead atoms. The second kappa shape index (κ2) is 8.58. The number of alkyl halides is 1. The average Bonchev–Trinajstić information content (AvgIpc) is 2.41. The largest absolute Gasteiger partial charge is 0.482 e. The van der Waals surface area contributed by atoms with Crippen molar-refractivity contribution < 1.29 is 23.8 Å². The number of carbonyl (C=O) groups excluding carboxylic acids is 2. The van der Waals surface area contributed by atoms with E-state index in [-0.39, 0.29) is 19.0 Å². The predicted molar refractivity (Wildman–Crippen MR) is 77.2 cm³/mol. The summed E-state index contributed by atoms with van der Waals surface area (Å²) in [6.07, 6.45) is 0.0244. The van der Waals surface area contributed by atoms with E-state index in [0.29, 0.717) is 29.0 Å². The third-order valence-electron chi connectivity index (χ3n) is 2.44. The van der Waals surface area contributed by atoms with Gasteiger partial charge in [-0.05, 0) is 47.5 Å². The van der Waals surface area contributed by atoms with Crippen LogP contribution in [0.4, 0.5) is 0 Å². The first-order valence-electron chi connectivity index (χ1n) is 6.26. The summed E-state index contributed by atoms with van der Waals surface area (Å²) in [7, 11) is 0. The normalized spacial score (nSPS) is 9.95. The number of benzene rings is 1. The highest BCUT2D eigenvalue weighted by Crippen LogP contribution is 2.20. The molecule has 110 valence electrons. The maximum absolute atomic E-state index is 11.9. The lowest BCUT2D eigenvalue weighted by molar-refractivity contribution is -0.142. The molecule has 0 spiro atoms. The maximum atomic E-state index is 11.9. The molecule has 0 aliphatic rings. The van der Waals surface area contributed by atoms with Crippen molar-refractivity contribution >= 4 is 27.9 Å². The molecule has 0 saturated carbocycles. The lowest BCUT2D eigenvalue weighted by atomic mass is 10.0. The standard InChI is InChI=1S/C14H17BrO5/c1-3-18-13(16)7-10-5-6-11(20-9-15)8-12(10)14(17)19-4-2/h5-6,8H,3-4,7,9H2,1-2H3. The molecule has 5 nitrogen and oxygen atoms in total. The molecule has 1 aromatic rings. The summed E-state index contributed by atoms with van der Waals surface area (Å²) >= 11 is 3.15. The van der Waals surface area contributed by atoms with Gasteiger partial charge in [-0.25, -0.2) is 4.79 Å². The fourth-order valence-corrected chi connectivity index (χ4v) is 1.89. The summed E-state index contributed by atoms with van der Waals surface area (Å²) in [5, 5.41) is 0. The Labute approximate surface area is 126 Å². The highest BCUT2D eigenvalue weighted by molar-refractivity contribution is 9.09. The summed E-state index contributed by atoms with van der Waals surface area (Å²) in [6.45, 7) is 4.03. The van der Waals surface area contributed by atoms with Crippen LogP contribution in [0.3, 0.4) is 0 Å². The topological polar surface area (TPSA) is 61.8 Å². The molecule has 20 heavy (non-hydrogen) atoms. The summed E-state index contributed by atoms with van der Waals surface area (Å²) in [6, 6.07) is 4.92. The molecule has 0 aromatic heterocycles. The van der Waals surface area contributed by atoms with Gasteiger partial charge in [-0.15, -0.1) is 0 Å². The maximum Gasteiger partial charge on any atom is 0.338 e. The van der Waals surface area contributed by atoms with Crippen LogP contribution >= 0.6 is 15.9 Å². The van der Waals surface area contributed by atoms with Crippen LogP contribution in [0.15, 0.2) is 18.2 Å². The molecule has 0 atom stereocenters. The highest BCUT2D eigenvalue weighted by atomic mass is 79.9. The molecule has 0 heterocycles. The minimum absolute atomic E-state index is 0.0244. The first-order chi connectivity index (χ1) is 9.62. The van der Waals surface area contributed by atoms with Crippen LogP contribution in [0.2, 0.25) is 0 Å². The molecule has 0 radical (unpaired) electrons. The third-order valence-corrected chi connectivity index (χ3v) is 2.67. The summed E-state index contributed by atoms with van der Waals surface area (Å²) in [5.74, 6) is -0.337. The summed E-state index contributed by atoms with van der Waals surface area (Å²) < 4.78 is 15.1. The van der Waals surface area contributed by atoms with Crippen molar-refractivity contribution in [3.8, 4) is 5.75 Å². The van der Waals surface area contributed by atoms with Crippen molar-refractivity contribution in [2.24, 2.45) is 0 Å². The third kappa shape index (κ3) is 4.85. The molecule has 1 aromatic carbocycles. The van der Waals surface area contributed by atoms with E-state index in [1.54, 1.807) is 32.0 Å². The second-order valence-electron chi connectivity index (χ2n) is 3.77. The number of ether oxygens (including phenoxy) is 3. The van der Waals surface area contributed by atoms with Gasteiger partial charge in [-0.1, -0.05) is 6.07 Å². The van der Waals surface area contributed by atoms with Crippen LogP contribution in [0.25, 0.3) is 0 Å². The van der Waals surface area contributed by atoms with Crippen LogP contribution in [-0.2, 0) is 20.7 Å². The second-order valence-corrected chi connectivity index (χ2v) is 4.23. The molecule has 0 fully saturated rings. The van der Waals surface area contributed by atoms with Crippen molar-refractivity contribution in [2.75, 3.05) is 18.7 Å². The van der Waals surface area contributed by atoms with Gasteiger partial charge in [0.05, 0.1) is 25.2 Å². The van der Waals surface area contributed by atoms with Gasteiger partial charge in [-0.3, -0.25) is 4.79 Å². The summed E-state index contributed by atoms with van der Waals surface area (Å²) in [4.78, 5) is 23.5. The molecule has 0 saturated heterocycles. The van der Waals surface area contributed by atoms with Crippen molar-refractivity contribution in [1.29, 1.82) is 0 Å². The number of carbonyl (C=O) groups is 2. The van der Waals surface area contributed by atoms with E-state index in [1.807, 2.05) is 0 Å². The Kier molecular flexibility index (Phi) is 7.08. The van der Waals surface area contributed by atoms with Gasteiger partial charge >= 0.3 is 11.9 Å². The van der Waals surface area contributed by atoms with Gasteiger partial charge in [0.25, 0.3) is 0 Å². The molecule has 1 rings (SSSR count). The summed E-state index contributed by atoms with van der Waals surface area (Å²) in [5.41, 5.74) is 1.19.